The van der Waals surface area contributed by atoms with E-state index in [-0.39, 0.29) is 5.54 Å². The number of likely N-dealkylation sites (N-methyl/N-ethyl adjacent to an activating group) is 2. The molecule has 0 heterocycles. The molecule has 0 spiro atoms. The summed E-state index contributed by atoms with van der Waals surface area (Å²) in [6.07, 6.45) is 4.51. The van der Waals surface area contributed by atoms with Crippen LogP contribution in [0, 0.1) is 11.8 Å². The lowest BCUT2D eigenvalue weighted by molar-refractivity contribution is 0.0494. The van der Waals surface area contributed by atoms with Gasteiger partial charge in [0, 0.05) is 18.0 Å². The summed E-state index contributed by atoms with van der Waals surface area (Å²) in [5.41, 5.74) is 0.271. The summed E-state index contributed by atoms with van der Waals surface area (Å²) in [4.78, 5) is 2.62. The van der Waals surface area contributed by atoms with Crippen molar-refractivity contribution in [2.24, 2.45) is 0 Å². The first kappa shape index (κ1) is 17.5. The first-order valence-corrected chi connectivity index (χ1v) is 7.48. The van der Waals surface area contributed by atoms with E-state index in [1.54, 1.807) is 0 Å². The summed E-state index contributed by atoms with van der Waals surface area (Å²) < 4.78 is 0. The van der Waals surface area contributed by atoms with Crippen molar-refractivity contribution in [3.8, 4) is 11.8 Å². The fourth-order valence-electron chi connectivity index (χ4n) is 3.29. The number of hydrogen-bond acceptors (Lipinski definition) is 2. The van der Waals surface area contributed by atoms with Crippen LogP contribution in [-0.4, -0.2) is 36.6 Å². The van der Waals surface area contributed by atoms with Crippen LogP contribution in [0.4, 0.5) is 0 Å². The lowest BCUT2D eigenvalue weighted by Gasteiger charge is -2.48. The fraction of sp³-hybridized carbons (Fsp3) is 0.875. The van der Waals surface area contributed by atoms with Crippen molar-refractivity contribution in [2.75, 3.05) is 20.1 Å². The number of hydrogen-bond donors (Lipinski definition) is 1. The quantitative estimate of drug-likeness (QED) is 0.634. The molecule has 0 aliphatic rings. The zero-order valence-electron chi connectivity index (χ0n) is 13.3. The van der Waals surface area contributed by atoms with Crippen LogP contribution in [0.1, 0.15) is 60.3 Å². The van der Waals surface area contributed by atoms with E-state index >= 15 is 0 Å². The maximum absolute atomic E-state index is 3.54. The van der Waals surface area contributed by atoms with Gasteiger partial charge in [0.25, 0.3) is 0 Å². The molecule has 0 saturated carbocycles. The molecule has 0 bridgehead atoms. The molecule has 0 aromatic carbocycles. The van der Waals surface area contributed by atoms with Gasteiger partial charge in [0.15, 0.2) is 0 Å². The van der Waals surface area contributed by atoms with Crippen LogP contribution >= 0.6 is 0 Å². The highest BCUT2D eigenvalue weighted by atomic mass is 15.2. The number of rotatable bonds is 9. The Kier molecular flexibility index (Phi) is 9.14. The molecule has 0 aliphatic carbocycles. The van der Waals surface area contributed by atoms with Gasteiger partial charge in [-0.25, -0.2) is 0 Å². The molecular weight excluding hydrogens is 220 g/mol. The smallest absolute Gasteiger partial charge is 0.0357 e. The highest BCUT2D eigenvalue weighted by molar-refractivity contribution is 5.02. The highest BCUT2D eigenvalue weighted by Gasteiger charge is 2.38. The SMILES string of the molecule is CC#CCCC(NC)C(CC)(CC)N(CC)CC. The van der Waals surface area contributed by atoms with Gasteiger partial charge in [-0.05, 0) is 46.3 Å². The predicted octanol–water partition coefficient (Wildman–Crippen LogP) is 3.28. The van der Waals surface area contributed by atoms with Crippen molar-refractivity contribution in [3.63, 3.8) is 0 Å². The monoisotopic (exact) mass is 252 g/mol. The van der Waals surface area contributed by atoms with Gasteiger partial charge in [0.05, 0.1) is 0 Å². The third-order valence-corrected chi connectivity index (χ3v) is 4.35. The van der Waals surface area contributed by atoms with E-state index in [0.717, 1.165) is 25.9 Å². The minimum atomic E-state index is 0.271. The summed E-state index contributed by atoms with van der Waals surface area (Å²) in [7, 11) is 2.09. The summed E-state index contributed by atoms with van der Waals surface area (Å²) >= 11 is 0. The molecule has 1 unspecified atom stereocenters. The van der Waals surface area contributed by atoms with Gasteiger partial charge in [0.1, 0.15) is 0 Å². The normalized spacial score (nSPS) is 13.3. The zero-order valence-corrected chi connectivity index (χ0v) is 13.3. The van der Waals surface area contributed by atoms with Crippen molar-refractivity contribution in [1.29, 1.82) is 0 Å². The Morgan fingerprint density at radius 2 is 1.67 bits per heavy atom. The molecule has 0 aromatic rings. The van der Waals surface area contributed by atoms with E-state index in [1.165, 1.54) is 12.8 Å². The van der Waals surface area contributed by atoms with Crippen LogP contribution in [0.3, 0.4) is 0 Å². The van der Waals surface area contributed by atoms with Crippen molar-refractivity contribution in [2.45, 2.75) is 71.9 Å². The second-order valence-corrected chi connectivity index (χ2v) is 4.79. The molecule has 1 N–H and O–H groups in total. The summed E-state index contributed by atoms with van der Waals surface area (Å²) in [5, 5.41) is 3.54. The molecule has 2 heteroatoms. The molecule has 2 nitrogen and oxygen atoms in total. The molecule has 0 fully saturated rings. The fourth-order valence-corrected chi connectivity index (χ4v) is 3.29. The van der Waals surface area contributed by atoms with E-state index in [1.807, 2.05) is 6.92 Å². The standard InChI is InChI=1S/C16H32N2/c1-7-12-13-14-15(17-6)16(8-2,9-3)18(10-4)11-5/h15,17H,8-11,13-14H2,1-6H3. The van der Waals surface area contributed by atoms with Crippen LogP contribution in [-0.2, 0) is 0 Å². The molecule has 106 valence electrons. The average molecular weight is 252 g/mol. The Labute approximate surface area is 115 Å². The lowest BCUT2D eigenvalue weighted by atomic mass is 9.80. The Morgan fingerprint density at radius 1 is 1.11 bits per heavy atom. The molecule has 18 heavy (non-hydrogen) atoms. The Morgan fingerprint density at radius 3 is 2.00 bits per heavy atom. The second-order valence-electron chi connectivity index (χ2n) is 4.79. The van der Waals surface area contributed by atoms with Gasteiger partial charge in [0.2, 0.25) is 0 Å². The van der Waals surface area contributed by atoms with Crippen molar-refractivity contribution in [1.82, 2.24) is 10.2 Å². The minimum absolute atomic E-state index is 0.271. The molecule has 0 radical (unpaired) electrons. The van der Waals surface area contributed by atoms with Crippen molar-refractivity contribution < 1.29 is 0 Å². The Balaban J connectivity index is 5.03. The van der Waals surface area contributed by atoms with Gasteiger partial charge < -0.3 is 5.32 Å². The first-order valence-electron chi connectivity index (χ1n) is 7.48. The van der Waals surface area contributed by atoms with Crippen molar-refractivity contribution >= 4 is 0 Å². The largest absolute Gasteiger partial charge is 0.315 e. The molecule has 0 rings (SSSR count). The summed E-state index contributed by atoms with van der Waals surface area (Å²) in [6.45, 7) is 13.3. The number of nitrogens with zero attached hydrogens (tertiary/aromatic N) is 1. The molecule has 0 aliphatic heterocycles. The van der Waals surface area contributed by atoms with Crippen LogP contribution < -0.4 is 5.32 Å². The van der Waals surface area contributed by atoms with Crippen molar-refractivity contribution in [3.05, 3.63) is 0 Å². The minimum Gasteiger partial charge on any atom is -0.315 e. The van der Waals surface area contributed by atoms with E-state index in [0.29, 0.717) is 6.04 Å². The first-order chi connectivity index (χ1) is 8.66. The topological polar surface area (TPSA) is 15.3 Å². The van der Waals surface area contributed by atoms with E-state index in [2.05, 4.69) is 56.8 Å². The second kappa shape index (κ2) is 9.42. The third kappa shape index (κ3) is 4.00. The summed E-state index contributed by atoms with van der Waals surface area (Å²) in [5.74, 6) is 6.20. The maximum atomic E-state index is 3.54. The van der Waals surface area contributed by atoms with Gasteiger partial charge >= 0.3 is 0 Å². The zero-order chi connectivity index (χ0) is 14.0. The Bertz CT molecular complexity index is 254. The van der Waals surface area contributed by atoms with Gasteiger partial charge in [-0.2, -0.15) is 0 Å². The third-order valence-electron chi connectivity index (χ3n) is 4.35. The van der Waals surface area contributed by atoms with Crippen LogP contribution in [0.25, 0.3) is 0 Å². The molecule has 0 aromatic heterocycles. The van der Waals surface area contributed by atoms with Gasteiger partial charge in [-0.15, -0.1) is 11.8 Å². The van der Waals surface area contributed by atoms with E-state index in [9.17, 15) is 0 Å². The van der Waals surface area contributed by atoms with Crippen LogP contribution in [0.2, 0.25) is 0 Å². The number of nitrogens with one attached hydrogen (secondary N) is 1. The molecule has 0 saturated heterocycles. The highest BCUT2D eigenvalue weighted by Crippen LogP contribution is 2.30. The van der Waals surface area contributed by atoms with Gasteiger partial charge in [-0.1, -0.05) is 27.7 Å². The van der Waals surface area contributed by atoms with Gasteiger partial charge in [-0.3, -0.25) is 4.90 Å². The molecule has 0 amide bonds. The lowest BCUT2D eigenvalue weighted by Crippen LogP contribution is -2.60. The Hall–Kier alpha value is -0.520. The molecule has 1 atom stereocenters. The van der Waals surface area contributed by atoms with E-state index in [4.69, 9.17) is 0 Å². The van der Waals surface area contributed by atoms with Crippen LogP contribution in [0.5, 0.6) is 0 Å². The maximum Gasteiger partial charge on any atom is 0.0357 e. The average Bonchev–Trinajstić information content (AvgIpc) is 2.42. The summed E-state index contributed by atoms with van der Waals surface area (Å²) in [6, 6.07) is 0.522. The predicted molar refractivity (Wildman–Crippen MR) is 81.8 cm³/mol. The van der Waals surface area contributed by atoms with Crippen LogP contribution in [0.15, 0.2) is 0 Å². The molecular formula is C16H32N2. The van der Waals surface area contributed by atoms with E-state index < -0.39 is 0 Å².